The topological polar surface area (TPSA) is 97.4 Å². The summed E-state index contributed by atoms with van der Waals surface area (Å²) in [6.45, 7) is 5.59. The SMILES string of the molecule is COc1ccc([N+](=O)[O-])cc1OCC(C)(C#N)NC(C)C. The van der Waals surface area contributed by atoms with E-state index in [2.05, 4.69) is 11.4 Å². The Balaban J connectivity index is 2.93. The molecule has 1 rings (SSSR count). The maximum atomic E-state index is 10.8. The molecular formula is C14H19N3O4. The molecule has 0 bridgehead atoms. The predicted molar refractivity (Wildman–Crippen MR) is 77.4 cm³/mol. The molecule has 7 nitrogen and oxygen atoms in total. The van der Waals surface area contributed by atoms with Crippen LogP contribution in [0.3, 0.4) is 0 Å². The molecule has 1 atom stereocenters. The number of ether oxygens (including phenoxy) is 2. The molecule has 0 aliphatic carbocycles. The number of hydrogen-bond acceptors (Lipinski definition) is 6. The Hall–Kier alpha value is -2.33. The zero-order chi connectivity index (χ0) is 16.0. The van der Waals surface area contributed by atoms with Gasteiger partial charge in [0.15, 0.2) is 11.5 Å². The summed E-state index contributed by atoms with van der Waals surface area (Å²) >= 11 is 0. The fourth-order valence-corrected chi connectivity index (χ4v) is 1.86. The summed E-state index contributed by atoms with van der Waals surface area (Å²) in [5.74, 6) is 0.615. The highest BCUT2D eigenvalue weighted by Crippen LogP contribution is 2.31. The second-order valence-corrected chi connectivity index (χ2v) is 5.12. The van der Waals surface area contributed by atoms with Crippen molar-refractivity contribution in [3.63, 3.8) is 0 Å². The van der Waals surface area contributed by atoms with E-state index in [9.17, 15) is 15.4 Å². The van der Waals surface area contributed by atoms with Gasteiger partial charge in [-0.2, -0.15) is 5.26 Å². The van der Waals surface area contributed by atoms with Crippen LogP contribution < -0.4 is 14.8 Å². The number of rotatable bonds is 7. The molecule has 7 heteroatoms. The lowest BCUT2D eigenvalue weighted by Crippen LogP contribution is -2.49. The number of nitro benzene ring substituents is 1. The first kappa shape index (κ1) is 16.7. The van der Waals surface area contributed by atoms with Gasteiger partial charge in [0, 0.05) is 12.1 Å². The van der Waals surface area contributed by atoms with E-state index in [1.54, 1.807) is 6.92 Å². The molecule has 0 fully saturated rings. The smallest absolute Gasteiger partial charge is 0.273 e. The summed E-state index contributed by atoms with van der Waals surface area (Å²) in [5, 5.41) is 23.1. The standard InChI is InChI=1S/C14H19N3O4/c1-10(2)16-14(3,8-15)9-21-13-7-11(17(18)19)5-6-12(13)20-4/h5-7,10,16H,9H2,1-4H3. The fourth-order valence-electron chi connectivity index (χ4n) is 1.86. The maximum Gasteiger partial charge on any atom is 0.273 e. The quantitative estimate of drug-likeness (QED) is 0.611. The third-order valence-electron chi connectivity index (χ3n) is 2.73. The Morgan fingerprint density at radius 1 is 1.48 bits per heavy atom. The molecule has 114 valence electrons. The minimum Gasteiger partial charge on any atom is -0.493 e. The van der Waals surface area contributed by atoms with E-state index in [0.717, 1.165) is 0 Å². The van der Waals surface area contributed by atoms with Crippen LogP contribution in [0.15, 0.2) is 18.2 Å². The number of nitro groups is 1. The highest BCUT2D eigenvalue weighted by Gasteiger charge is 2.26. The van der Waals surface area contributed by atoms with Gasteiger partial charge in [0.05, 0.1) is 24.2 Å². The number of methoxy groups -OCH3 is 1. The first-order valence-electron chi connectivity index (χ1n) is 6.45. The molecule has 0 aliphatic rings. The first-order chi connectivity index (χ1) is 9.81. The highest BCUT2D eigenvalue weighted by molar-refractivity contribution is 5.48. The molecule has 1 aromatic carbocycles. The number of benzene rings is 1. The lowest BCUT2D eigenvalue weighted by atomic mass is 10.1. The normalized spacial score (nSPS) is 13.3. The Bertz CT molecular complexity index is 554. The zero-order valence-electron chi connectivity index (χ0n) is 12.5. The third kappa shape index (κ3) is 4.61. The number of nitrogens with one attached hydrogen (secondary N) is 1. The predicted octanol–water partition coefficient (Wildman–Crippen LogP) is 2.26. The van der Waals surface area contributed by atoms with E-state index < -0.39 is 10.5 Å². The Kier molecular flexibility index (Phi) is 5.50. The number of hydrogen-bond donors (Lipinski definition) is 1. The van der Waals surface area contributed by atoms with Crippen LogP contribution in [0.25, 0.3) is 0 Å². The van der Waals surface area contributed by atoms with Gasteiger partial charge in [-0.1, -0.05) is 0 Å². The van der Waals surface area contributed by atoms with Gasteiger partial charge in [-0.3, -0.25) is 15.4 Å². The first-order valence-corrected chi connectivity index (χ1v) is 6.45. The molecule has 0 spiro atoms. The summed E-state index contributed by atoms with van der Waals surface area (Å²) in [6.07, 6.45) is 0. The average molecular weight is 293 g/mol. The number of nitrogens with zero attached hydrogens (tertiary/aromatic N) is 2. The van der Waals surface area contributed by atoms with Crippen molar-refractivity contribution >= 4 is 5.69 Å². The maximum absolute atomic E-state index is 10.8. The molecule has 0 heterocycles. The van der Waals surface area contributed by atoms with Gasteiger partial charge >= 0.3 is 0 Å². The number of non-ortho nitro benzene ring substituents is 1. The molecule has 0 radical (unpaired) electrons. The number of nitriles is 1. The van der Waals surface area contributed by atoms with Gasteiger partial charge in [-0.05, 0) is 26.8 Å². The van der Waals surface area contributed by atoms with Crippen LogP contribution in [0, 0.1) is 21.4 Å². The summed E-state index contributed by atoms with van der Waals surface area (Å²) < 4.78 is 10.7. The van der Waals surface area contributed by atoms with Crippen molar-refractivity contribution in [3.8, 4) is 17.6 Å². The summed E-state index contributed by atoms with van der Waals surface area (Å²) in [6, 6.07) is 6.33. The second-order valence-electron chi connectivity index (χ2n) is 5.12. The zero-order valence-corrected chi connectivity index (χ0v) is 12.5. The highest BCUT2D eigenvalue weighted by atomic mass is 16.6. The lowest BCUT2D eigenvalue weighted by Gasteiger charge is -2.26. The third-order valence-corrected chi connectivity index (χ3v) is 2.73. The molecule has 1 unspecified atom stereocenters. The summed E-state index contributed by atoms with van der Waals surface area (Å²) in [7, 11) is 1.45. The largest absolute Gasteiger partial charge is 0.493 e. The second kappa shape index (κ2) is 6.90. The van der Waals surface area contributed by atoms with E-state index in [4.69, 9.17) is 9.47 Å². The van der Waals surface area contributed by atoms with E-state index in [-0.39, 0.29) is 24.1 Å². The minimum absolute atomic E-state index is 0.0409. The van der Waals surface area contributed by atoms with Crippen molar-refractivity contribution in [2.24, 2.45) is 0 Å². The molecule has 0 amide bonds. The van der Waals surface area contributed by atoms with Crippen molar-refractivity contribution in [1.82, 2.24) is 5.32 Å². The van der Waals surface area contributed by atoms with Crippen LogP contribution in [0.1, 0.15) is 20.8 Å². The average Bonchev–Trinajstić information content (AvgIpc) is 2.44. The van der Waals surface area contributed by atoms with Crippen LogP contribution >= 0.6 is 0 Å². The van der Waals surface area contributed by atoms with Crippen LogP contribution in [0.5, 0.6) is 11.5 Å². The Morgan fingerprint density at radius 3 is 2.62 bits per heavy atom. The molecule has 0 aliphatic heterocycles. The van der Waals surface area contributed by atoms with Crippen LogP contribution in [-0.4, -0.2) is 30.2 Å². The van der Waals surface area contributed by atoms with Gasteiger partial charge in [0.1, 0.15) is 12.1 Å². The van der Waals surface area contributed by atoms with E-state index >= 15 is 0 Å². The summed E-state index contributed by atoms with van der Waals surface area (Å²) in [4.78, 5) is 10.3. The molecule has 0 saturated carbocycles. The fraction of sp³-hybridized carbons (Fsp3) is 0.500. The summed E-state index contributed by atoms with van der Waals surface area (Å²) in [5.41, 5.74) is -0.995. The molecule has 1 N–H and O–H groups in total. The lowest BCUT2D eigenvalue weighted by molar-refractivity contribution is -0.385. The van der Waals surface area contributed by atoms with Crippen LogP contribution in [0.2, 0.25) is 0 Å². The van der Waals surface area contributed by atoms with Crippen molar-refractivity contribution in [1.29, 1.82) is 5.26 Å². The molecule has 0 saturated heterocycles. The van der Waals surface area contributed by atoms with Gasteiger partial charge in [-0.15, -0.1) is 0 Å². The van der Waals surface area contributed by atoms with Crippen LogP contribution in [-0.2, 0) is 0 Å². The van der Waals surface area contributed by atoms with Gasteiger partial charge in [0.25, 0.3) is 5.69 Å². The monoisotopic (exact) mass is 293 g/mol. The molecular weight excluding hydrogens is 274 g/mol. The van der Waals surface area contributed by atoms with E-state index in [1.165, 1.54) is 25.3 Å². The van der Waals surface area contributed by atoms with Gasteiger partial charge in [-0.25, -0.2) is 0 Å². The van der Waals surface area contributed by atoms with Crippen molar-refractivity contribution in [3.05, 3.63) is 28.3 Å². The van der Waals surface area contributed by atoms with Gasteiger partial charge < -0.3 is 9.47 Å². The minimum atomic E-state index is -0.899. The molecule has 0 aromatic heterocycles. The Labute approximate surface area is 123 Å². The van der Waals surface area contributed by atoms with E-state index in [1.807, 2.05) is 13.8 Å². The Morgan fingerprint density at radius 2 is 2.14 bits per heavy atom. The van der Waals surface area contributed by atoms with Crippen LogP contribution in [0.4, 0.5) is 5.69 Å². The molecule has 21 heavy (non-hydrogen) atoms. The van der Waals surface area contributed by atoms with Crippen molar-refractivity contribution < 1.29 is 14.4 Å². The van der Waals surface area contributed by atoms with E-state index in [0.29, 0.717) is 5.75 Å². The molecule has 1 aromatic rings. The van der Waals surface area contributed by atoms with Gasteiger partial charge in [0.2, 0.25) is 0 Å². The van der Waals surface area contributed by atoms with Crippen molar-refractivity contribution in [2.45, 2.75) is 32.4 Å². The van der Waals surface area contributed by atoms with Crippen molar-refractivity contribution in [2.75, 3.05) is 13.7 Å².